The van der Waals surface area contributed by atoms with E-state index < -0.39 is 0 Å². The van der Waals surface area contributed by atoms with Gasteiger partial charge < -0.3 is 9.13 Å². The van der Waals surface area contributed by atoms with Crippen LogP contribution in [0.2, 0.25) is 0 Å². The smallest absolute Gasteiger partial charge is 0.0894 e. The van der Waals surface area contributed by atoms with E-state index in [2.05, 4.69) is 137 Å². The van der Waals surface area contributed by atoms with Crippen molar-refractivity contribution in [2.75, 3.05) is 0 Å². The third-order valence-electron chi connectivity index (χ3n) is 9.20. The highest BCUT2D eigenvalue weighted by Gasteiger charge is 2.24. The van der Waals surface area contributed by atoms with Crippen LogP contribution < -0.4 is 0 Å². The standard InChI is InChI=1S/C39H25N3S/c1-2-10-25(11-3-1)41-33-15-7-4-12-28(33)30-20-21-31-29-13-5-8-16-34(29)42(38(31)37(30)41)26-18-19-27-24(22-26)23-40-36-32-14-6-9-17-35(32)43-39(27)36/h1-3,5-11,13-23H,4,12H2. The molecular formula is C39H25N3S. The number of fused-ring (bicyclic) bond motifs is 12. The van der Waals surface area contributed by atoms with Gasteiger partial charge in [0.15, 0.2) is 0 Å². The Labute approximate surface area is 251 Å². The van der Waals surface area contributed by atoms with E-state index in [1.165, 1.54) is 69.8 Å². The fourth-order valence-electron chi connectivity index (χ4n) is 7.36. The summed E-state index contributed by atoms with van der Waals surface area (Å²) in [5.41, 5.74) is 9.92. The molecule has 202 valence electrons. The molecule has 43 heavy (non-hydrogen) atoms. The molecule has 0 N–H and O–H groups in total. The molecule has 10 rings (SSSR count). The molecule has 0 atom stereocenters. The maximum Gasteiger partial charge on any atom is 0.0894 e. The normalized spacial score (nSPS) is 13.3. The van der Waals surface area contributed by atoms with Crippen LogP contribution in [0, 0.1) is 0 Å². The molecular weight excluding hydrogens is 543 g/mol. The summed E-state index contributed by atoms with van der Waals surface area (Å²) >= 11 is 1.84. The van der Waals surface area contributed by atoms with Crippen LogP contribution in [-0.4, -0.2) is 14.1 Å². The Bertz CT molecular complexity index is 2610. The van der Waals surface area contributed by atoms with Gasteiger partial charge >= 0.3 is 0 Å². The Morgan fingerprint density at radius 3 is 2.33 bits per heavy atom. The minimum atomic E-state index is 1.06. The summed E-state index contributed by atoms with van der Waals surface area (Å²) in [4.78, 5) is 4.98. The molecule has 0 bridgehead atoms. The molecule has 0 amide bonds. The Morgan fingerprint density at radius 1 is 0.628 bits per heavy atom. The summed E-state index contributed by atoms with van der Waals surface area (Å²) in [7, 11) is 0. The van der Waals surface area contributed by atoms with Crippen molar-refractivity contribution >= 4 is 81.2 Å². The predicted octanol–water partition coefficient (Wildman–Crippen LogP) is 10.6. The van der Waals surface area contributed by atoms with Crippen LogP contribution in [0.1, 0.15) is 17.7 Å². The first kappa shape index (κ1) is 23.4. The van der Waals surface area contributed by atoms with Crippen LogP contribution in [0.4, 0.5) is 0 Å². The molecule has 0 saturated heterocycles. The lowest BCUT2D eigenvalue weighted by molar-refractivity contribution is 0.967. The molecule has 4 heterocycles. The van der Waals surface area contributed by atoms with Gasteiger partial charge in [-0.05, 0) is 60.9 Å². The number of hydrogen-bond acceptors (Lipinski definition) is 2. The second-order valence-corrected chi connectivity index (χ2v) is 12.5. The summed E-state index contributed by atoms with van der Waals surface area (Å²) in [6, 6.07) is 39.9. The molecule has 9 aromatic rings. The summed E-state index contributed by atoms with van der Waals surface area (Å²) in [6.07, 6.45) is 8.83. The van der Waals surface area contributed by atoms with Crippen molar-refractivity contribution in [1.29, 1.82) is 0 Å². The minimum absolute atomic E-state index is 1.06. The van der Waals surface area contributed by atoms with Gasteiger partial charge in [-0.1, -0.05) is 78.9 Å². The van der Waals surface area contributed by atoms with E-state index in [1.807, 2.05) is 11.3 Å². The Hall–Kier alpha value is -5.19. The zero-order chi connectivity index (χ0) is 28.1. The summed E-state index contributed by atoms with van der Waals surface area (Å²) in [5.74, 6) is 0. The van der Waals surface area contributed by atoms with Crippen LogP contribution in [0.15, 0.2) is 121 Å². The van der Waals surface area contributed by atoms with E-state index in [0.717, 1.165) is 29.4 Å². The van der Waals surface area contributed by atoms with Crippen molar-refractivity contribution in [2.45, 2.75) is 12.8 Å². The highest BCUT2D eigenvalue weighted by atomic mass is 32.1. The van der Waals surface area contributed by atoms with E-state index in [9.17, 15) is 0 Å². The van der Waals surface area contributed by atoms with Crippen LogP contribution in [0.5, 0.6) is 0 Å². The Balaban J connectivity index is 1.35. The average molecular weight is 568 g/mol. The highest BCUT2D eigenvalue weighted by molar-refractivity contribution is 7.26. The number of aromatic nitrogens is 3. The third kappa shape index (κ3) is 3.16. The van der Waals surface area contributed by atoms with Crippen LogP contribution in [-0.2, 0) is 6.42 Å². The monoisotopic (exact) mass is 567 g/mol. The van der Waals surface area contributed by atoms with E-state index in [1.54, 1.807) is 0 Å². The van der Waals surface area contributed by atoms with E-state index in [0.29, 0.717) is 0 Å². The zero-order valence-corrected chi connectivity index (χ0v) is 24.1. The molecule has 0 unspecified atom stereocenters. The van der Waals surface area contributed by atoms with Gasteiger partial charge in [-0.3, -0.25) is 4.98 Å². The van der Waals surface area contributed by atoms with Gasteiger partial charge in [-0.2, -0.15) is 0 Å². The predicted molar refractivity (Wildman–Crippen MR) is 183 cm³/mol. The average Bonchev–Trinajstić information content (AvgIpc) is 3.73. The van der Waals surface area contributed by atoms with Gasteiger partial charge in [0.1, 0.15) is 0 Å². The number of benzene rings is 5. The minimum Gasteiger partial charge on any atom is -0.308 e. The lowest BCUT2D eigenvalue weighted by Gasteiger charge is -2.14. The molecule has 3 nitrogen and oxygen atoms in total. The van der Waals surface area contributed by atoms with Gasteiger partial charge in [-0.15, -0.1) is 11.3 Å². The van der Waals surface area contributed by atoms with E-state index in [-0.39, 0.29) is 0 Å². The van der Waals surface area contributed by atoms with Crippen LogP contribution in [0.3, 0.4) is 0 Å². The quantitative estimate of drug-likeness (QED) is 0.204. The van der Waals surface area contributed by atoms with Crippen LogP contribution in [0.25, 0.3) is 81.2 Å². The first-order valence-corrected chi connectivity index (χ1v) is 15.7. The molecule has 1 aliphatic rings. The topological polar surface area (TPSA) is 22.8 Å². The van der Waals surface area contributed by atoms with Crippen molar-refractivity contribution in [3.05, 3.63) is 133 Å². The summed E-state index contributed by atoms with van der Waals surface area (Å²) < 4.78 is 7.51. The van der Waals surface area contributed by atoms with Crippen molar-refractivity contribution < 1.29 is 0 Å². The largest absolute Gasteiger partial charge is 0.308 e. The third-order valence-corrected chi connectivity index (χ3v) is 10.4. The maximum atomic E-state index is 4.98. The molecule has 5 aromatic carbocycles. The first-order chi connectivity index (χ1) is 21.3. The van der Waals surface area contributed by atoms with Crippen molar-refractivity contribution in [3.63, 3.8) is 0 Å². The second kappa shape index (κ2) is 8.66. The van der Waals surface area contributed by atoms with E-state index >= 15 is 0 Å². The molecule has 0 spiro atoms. The van der Waals surface area contributed by atoms with Gasteiger partial charge in [-0.25, -0.2) is 0 Å². The van der Waals surface area contributed by atoms with Crippen molar-refractivity contribution in [2.24, 2.45) is 0 Å². The number of thiophene rings is 1. The fraction of sp³-hybridized carbons (Fsp3) is 0.0513. The number of hydrogen-bond donors (Lipinski definition) is 0. The van der Waals surface area contributed by atoms with Crippen molar-refractivity contribution in [3.8, 4) is 11.4 Å². The fourth-order valence-corrected chi connectivity index (χ4v) is 8.55. The number of aryl methyl sites for hydroxylation is 1. The van der Waals surface area contributed by atoms with Crippen molar-refractivity contribution in [1.82, 2.24) is 14.1 Å². The molecule has 4 heteroatoms. The maximum absolute atomic E-state index is 4.98. The van der Waals surface area contributed by atoms with E-state index in [4.69, 9.17) is 4.98 Å². The summed E-state index contributed by atoms with van der Waals surface area (Å²) in [5, 5.41) is 7.54. The number of nitrogens with zero attached hydrogens (tertiary/aromatic N) is 3. The second-order valence-electron chi connectivity index (χ2n) is 11.5. The van der Waals surface area contributed by atoms with Gasteiger partial charge in [0, 0.05) is 60.3 Å². The zero-order valence-electron chi connectivity index (χ0n) is 23.3. The highest BCUT2D eigenvalue weighted by Crippen LogP contribution is 2.43. The molecule has 0 fully saturated rings. The van der Waals surface area contributed by atoms with Gasteiger partial charge in [0.2, 0.25) is 0 Å². The first-order valence-electron chi connectivity index (χ1n) is 14.9. The van der Waals surface area contributed by atoms with Gasteiger partial charge in [0.05, 0.1) is 26.8 Å². The summed E-state index contributed by atoms with van der Waals surface area (Å²) in [6.45, 7) is 0. The Morgan fingerprint density at radius 2 is 1.40 bits per heavy atom. The number of rotatable bonds is 2. The number of para-hydroxylation sites is 2. The number of pyridine rings is 1. The van der Waals surface area contributed by atoms with Gasteiger partial charge in [0.25, 0.3) is 0 Å². The lowest BCUT2D eigenvalue weighted by atomic mass is 10.00. The molecule has 4 aromatic heterocycles. The lowest BCUT2D eigenvalue weighted by Crippen LogP contribution is -2.01. The molecule has 0 radical (unpaired) electrons. The molecule has 0 saturated carbocycles. The number of allylic oxidation sites excluding steroid dienone is 1. The molecule has 1 aliphatic carbocycles. The molecule has 0 aliphatic heterocycles. The Kier molecular flexibility index (Phi) is 4.71. The van der Waals surface area contributed by atoms with Crippen LogP contribution >= 0.6 is 11.3 Å². The SMILES string of the molecule is C1=Cc2c(c3ccc4c5ccccc5n(-c5ccc6c(cnc7c8ccccc8sc67)c5)c4c3n2-c2ccccc2)CC1.